The summed E-state index contributed by atoms with van der Waals surface area (Å²) in [5.41, 5.74) is 0.888. The molecule has 0 radical (unpaired) electrons. The molecule has 7 heteroatoms. The van der Waals surface area contributed by atoms with Crippen LogP contribution in [0.3, 0.4) is 0 Å². The van der Waals surface area contributed by atoms with Crippen LogP contribution in [0.1, 0.15) is 31.4 Å². The van der Waals surface area contributed by atoms with Crippen LogP contribution >= 0.6 is 0 Å². The van der Waals surface area contributed by atoms with E-state index in [1.54, 1.807) is 4.52 Å². The molecule has 1 fully saturated rings. The normalized spacial score (nSPS) is 14.4. The van der Waals surface area contributed by atoms with Crippen molar-refractivity contribution in [2.45, 2.75) is 38.6 Å². The zero-order valence-electron chi connectivity index (χ0n) is 11.5. The molecule has 1 amide bonds. The maximum absolute atomic E-state index is 11.6. The Morgan fingerprint density at radius 3 is 3.15 bits per heavy atom. The smallest absolute Gasteiger partial charge is 0.254 e. The number of amides is 1. The van der Waals surface area contributed by atoms with E-state index in [2.05, 4.69) is 25.7 Å². The van der Waals surface area contributed by atoms with E-state index in [9.17, 15) is 4.79 Å². The third kappa shape index (κ3) is 3.04. The Balaban J connectivity index is 1.51. The van der Waals surface area contributed by atoms with Crippen LogP contribution in [-0.4, -0.2) is 38.1 Å². The topological polar surface area (TPSA) is 84.2 Å². The number of nitrogens with one attached hydrogen (secondary N) is 2. The van der Waals surface area contributed by atoms with Crippen molar-refractivity contribution >= 4 is 17.5 Å². The van der Waals surface area contributed by atoms with Gasteiger partial charge in [-0.1, -0.05) is 0 Å². The fraction of sp³-hybridized carbons (Fsp3) is 0.538. The van der Waals surface area contributed by atoms with Crippen LogP contribution in [0.15, 0.2) is 12.4 Å². The van der Waals surface area contributed by atoms with Gasteiger partial charge in [-0.3, -0.25) is 4.79 Å². The van der Waals surface area contributed by atoms with E-state index in [0.717, 1.165) is 37.3 Å². The minimum absolute atomic E-state index is 0.145. The molecule has 20 heavy (non-hydrogen) atoms. The Hall–Kier alpha value is -2.18. The largest absolute Gasteiger partial charge is 0.370 e. The molecule has 106 valence electrons. The quantitative estimate of drug-likeness (QED) is 0.765. The van der Waals surface area contributed by atoms with Crippen LogP contribution in [-0.2, 0) is 4.79 Å². The average Bonchev–Trinajstić information content (AvgIpc) is 3.09. The lowest BCUT2D eigenvalue weighted by molar-refractivity contribution is -0.121. The molecular formula is C13H18N6O. The van der Waals surface area contributed by atoms with Crippen LogP contribution in [0.25, 0.3) is 5.78 Å². The lowest BCUT2D eigenvalue weighted by atomic mass is 10.3. The van der Waals surface area contributed by atoms with Gasteiger partial charge in [0.2, 0.25) is 5.91 Å². The predicted molar refractivity (Wildman–Crippen MR) is 74.4 cm³/mol. The zero-order valence-corrected chi connectivity index (χ0v) is 11.5. The van der Waals surface area contributed by atoms with Crippen LogP contribution in [0, 0.1) is 6.92 Å². The maximum atomic E-state index is 11.6. The number of carbonyl (C=O) groups excluding carboxylic acids is 1. The van der Waals surface area contributed by atoms with Gasteiger partial charge in [0, 0.05) is 30.8 Å². The third-order valence-corrected chi connectivity index (χ3v) is 3.21. The van der Waals surface area contributed by atoms with Crippen LogP contribution in [0.4, 0.5) is 5.82 Å². The predicted octanol–water partition coefficient (Wildman–Crippen LogP) is 0.903. The molecule has 1 aliphatic carbocycles. The van der Waals surface area contributed by atoms with Crippen molar-refractivity contribution in [3.63, 3.8) is 0 Å². The molecular weight excluding hydrogens is 256 g/mol. The summed E-state index contributed by atoms with van der Waals surface area (Å²) in [7, 11) is 0. The van der Waals surface area contributed by atoms with Gasteiger partial charge in [-0.05, 0) is 26.2 Å². The number of nitrogens with zero attached hydrogens (tertiary/aromatic N) is 4. The first kappa shape index (κ1) is 12.8. The number of hydrogen-bond donors (Lipinski definition) is 2. The number of anilines is 1. The van der Waals surface area contributed by atoms with Crippen molar-refractivity contribution in [1.82, 2.24) is 24.9 Å². The molecule has 0 spiro atoms. The van der Waals surface area contributed by atoms with E-state index in [1.807, 2.05) is 13.0 Å². The van der Waals surface area contributed by atoms with Crippen molar-refractivity contribution < 1.29 is 4.79 Å². The lowest BCUT2D eigenvalue weighted by Crippen LogP contribution is -2.25. The Morgan fingerprint density at radius 1 is 1.50 bits per heavy atom. The van der Waals surface area contributed by atoms with E-state index in [4.69, 9.17) is 0 Å². The molecule has 1 aliphatic rings. The molecule has 2 N–H and O–H groups in total. The highest BCUT2D eigenvalue weighted by molar-refractivity contribution is 5.76. The molecule has 7 nitrogen and oxygen atoms in total. The molecule has 3 rings (SSSR count). The highest BCUT2D eigenvalue weighted by Crippen LogP contribution is 2.18. The van der Waals surface area contributed by atoms with Crippen molar-refractivity contribution in [3.05, 3.63) is 18.1 Å². The summed E-state index contributed by atoms with van der Waals surface area (Å²) in [6, 6.07) is 2.36. The van der Waals surface area contributed by atoms with Gasteiger partial charge in [-0.25, -0.2) is 4.98 Å². The molecule has 0 saturated heterocycles. The minimum atomic E-state index is 0.145. The molecule has 0 unspecified atom stereocenters. The van der Waals surface area contributed by atoms with Gasteiger partial charge in [0.15, 0.2) is 0 Å². The SMILES string of the molecule is Cc1cc(NCCCC(=O)NC2CC2)n2ncnc2n1. The zero-order chi connectivity index (χ0) is 13.9. The van der Waals surface area contributed by atoms with Gasteiger partial charge in [-0.2, -0.15) is 14.6 Å². The number of fused-ring (bicyclic) bond motifs is 1. The van der Waals surface area contributed by atoms with Crippen molar-refractivity contribution in [3.8, 4) is 0 Å². The second-order valence-corrected chi connectivity index (χ2v) is 5.13. The molecule has 2 heterocycles. The molecule has 2 aromatic heterocycles. The highest BCUT2D eigenvalue weighted by Gasteiger charge is 2.22. The Bertz CT molecular complexity index is 618. The third-order valence-electron chi connectivity index (χ3n) is 3.21. The van der Waals surface area contributed by atoms with Gasteiger partial charge in [0.05, 0.1) is 0 Å². The summed E-state index contributed by atoms with van der Waals surface area (Å²) in [5.74, 6) is 1.58. The number of aryl methyl sites for hydroxylation is 1. The molecule has 2 aromatic rings. The summed E-state index contributed by atoms with van der Waals surface area (Å²) in [6.07, 6.45) is 5.08. The van der Waals surface area contributed by atoms with Crippen molar-refractivity contribution in [2.24, 2.45) is 0 Å². The summed E-state index contributed by atoms with van der Waals surface area (Å²) in [6.45, 7) is 2.64. The lowest BCUT2D eigenvalue weighted by Gasteiger charge is -2.08. The van der Waals surface area contributed by atoms with Crippen LogP contribution in [0.2, 0.25) is 0 Å². The Kier molecular flexibility index (Phi) is 3.49. The monoisotopic (exact) mass is 274 g/mol. The minimum Gasteiger partial charge on any atom is -0.370 e. The van der Waals surface area contributed by atoms with Crippen LogP contribution < -0.4 is 10.6 Å². The second-order valence-electron chi connectivity index (χ2n) is 5.13. The van der Waals surface area contributed by atoms with E-state index in [0.29, 0.717) is 18.2 Å². The Morgan fingerprint density at radius 2 is 2.35 bits per heavy atom. The van der Waals surface area contributed by atoms with Crippen molar-refractivity contribution in [1.29, 1.82) is 0 Å². The van der Waals surface area contributed by atoms with E-state index in [-0.39, 0.29) is 5.91 Å². The van der Waals surface area contributed by atoms with Gasteiger partial charge in [-0.15, -0.1) is 0 Å². The summed E-state index contributed by atoms with van der Waals surface area (Å²) in [5, 5.41) is 10.4. The van der Waals surface area contributed by atoms with Gasteiger partial charge < -0.3 is 10.6 Å². The van der Waals surface area contributed by atoms with E-state index in [1.165, 1.54) is 6.33 Å². The first-order valence-corrected chi connectivity index (χ1v) is 6.93. The summed E-state index contributed by atoms with van der Waals surface area (Å²) < 4.78 is 1.66. The van der Waals surface area contributed by atoms with E-state index >= 15 is 0 Å². The standard InChI is InChI=1S/C13H18N6O/c1-9-7-11(19-13(17-9)15-8-16-19)14-6-2-3-12(20)18-10-4-5-10/h7-8,10,14H,2-6H2,1H3,(H,18,20). The first-order valence-electron chi connectivity index (χ1n) is 6.93. The molecule has 0 aliphatic heterocycles. The maximum Gasteiger partial charge on any atom is 0.254 e. The molecule has 0 bridgehead atoms. The van der Waals surface area contributed by atoms with Gasteiger partial charge in [0.25, 0.3) is 5.78 Å². The highest BCUT2D eigenvalue weighted by atomic mass is 16.1. The number of carbonyl (C=O) groups is 1. The molecule has 0 aromatic carbocycles. The van der Waals surface area contributed by atoms with E-state index < -0.39 is 0 Å². The fourth-order valence-electron chi connectivity index (χ4n) is 2.05. The molecule has 1 saturated carbocycles. The Labute approximate surface area is 116 Å². The number of aromatic nitrogens is 4. The average molecular weight is 274 g/mol. The number of hydrogen-bond acceptors (Lipinski definition) is 5. The summed E-state index contributed by atoms with van der Waals surface area (Å²) >= 11 is 0. The van der Waals surface area contributed by atoms with Gasteiger partial charge >= 0.3 is 0 Å². The van der Waals surface area contributed by atoms with Gasteiger partial charge in [0.1, 0.15) is 12.1 Å². The fourth-order valence-corrected chi connectivity index (χ4v) is 2.05. The first-order chi connectivity index (χ1) is 9.72. The van der Waals surface area contributed by atoms with Crippen molar-refractivity contribution in [2.75, 3.05) is 11.9 Å². The summed E-state index contributed by atoms with van der Waals surface area (Å²) in [4.78, 5) is 19.9. The number of rotatable bonds is 6. The molecule has 0 atom stereocenters. The second kappa shape index (κ2) is 5.44. The van der Waals surface area contributed by atoms with Crippen LogP contribution in [0.5, 0.6) is 0 Å².